The molecule has 0 radical (unpaired) electrons. The van der Waals surface area contributed by atoms with Crippen LogP contribution in [0.4, 0.5) is 5.82 Å². The molecule has 0 spiro atoms. The molecule has 0 bridgehead atoms. The molecule has 0 unspecified atom stereocenters. The Morgan fingerprint density at radius 2 is 1.71 bits per heavy atom. The van der Waals surface area contributed by atoms with E-state index in [4.69, 9.17) is 5.73 Å². The Morgan fingerprint density at radius 1 is 1.00 bits per heavy atom. The van der Waals surface area contributed by atoms with Gasteiger partial charge in [0.2, 0.25) is 6.41 Å². The van der Waals surface area contributed by atoms with Gasteiger partial charge in [-0.1, -0.05) is 66.7 Å². The number of aromatic nitrogens is 1. The number of fused-ring (bicyclic) bond motifs is 1. The fraction of sp³-hybridized carbons (Fsp3) is 0.120. The second kappa shape index (κ2) is 8.85. The van der Waals surface area contributed by atoms with Crippen molar-refractivity contribution in [1.82, 2.24) is 4.98 Å². The lowest BCUT2D eigenvalue weighted by Gasteiger charge is -2.14. The number of aliphatic carboxylic acids is 1. The maximum atomic E-state index is 11.4. The van der Waals surface area contributed by atoms with E-state index in [0.717, 1.165) is 34.0 Å². The number of anilines is 1. The van der Waals surface area contributed by atoms with Crippen LogP contribution in [0.5, 0.6) is 0 Å². The number of hydrogen-bond acceptors (Lipinski definition) is 3. The zero-order valence-corrected chi connectivity index (χ0v) is 16.8. The summed E-state index contributed by atoms with van der Waals surface area (Å²) in [5.41, 5.74) is 11.7. The number of carbonyl (C=O) groups excluding carboxylic acids is 1. The third-order valence-electron chi connectivity index (χ3n) is 5.42. The van der Waals surface area contributed by atoms with Gasteiger partial charge in [0.1, 0.15) is 11.9 Å². The fourth-order valence-electron chi connectivity index (χ4n) is 3.99. The van der Waals surface area contributed by atoms with Crippen LogP contribution in [0.1, 0.15) is 16.7 Å². The molecule has 0 fully saturated rings. The normalized spacial score (nSPS) is 11.9. The smallest absolute Gasteiger partial charge is 0.320 e. The molecule has 156 valence electrons. The first kappa shape index (κ1) is 20.4. The van der Waals surface area contributed by atoms with Gasteiger partial charge in [-0.05, 0) is 34.7 Å². The van der Waals surface area contributed by atoms with E-state index >= 15 is 0 Å². The van der Waals surface area contributed by atoms with E-state index in [0.29, 0.717) is 17.8 Å². The highest BCUT2D eigenvalue weighted by Crippen LogP contribution is 2.37. The molecular weight excluding hydrogens is 390 g/mol. The zero-order chi connectivity index (χ0) is 21.8. The highest BCUT2D eigenvalue weighted by Gasteiger charge is 2.21. The summed E-state index contributed by atoms with van der Waals surface area (Å²) in [7, 11) is 0. The summed E-state index contributed by atoms with van der Waals surface area (Å²) >= 11 is 0. The van der Waals surface area contributed by atoms with Gasteiger partial charge in [0.05, 0.1) is 0 Å². The van der Waals surface area contributed by atoms with Crippen molar-refractivity contribution < 1.29 is 14.7 Å². The first-order valence-electron chi connectivity index (χ1n) is 10.0. The highest BCUT2D eigenvalue weighted by molar-refractivity contribution is 6.02. The molecule has 4 rings (SSSR count). The van der Waals surface area contributed by atoms with Gasteiger partial charge in [-0.2, -0.15) is 0 Å². The summed E-state index contributed by atoms with van der Waals surface area (Å²) in [5, 5.41) is 12.9. The summed E-state index contributed by atoms with van der Waals surface area (Å²) in [6, 6.07) is 23.2. The molecule has 0 aliphatic rings. The number of rotatable bonds is 8. The lowest BCUT2D eigenvalue weighted by Crippen LogP contribution is -2.32. The lowest BCUT2D eigenvalue weighted by molar-refractivity contribution is -0.138. The van der Waals surface area contributed by atoms with Crippen molar-refractivity contribution in [3.8, 4) is 11.1 Å². The molecule has 0 aliphatic heterocycles. The van der Waals surface area contributed by atoms with Gasteiger partial charge in [0, 0.05) is 22.9 Å². The monoisotopic (exact) mass is 413 g/mol. The van der Waals surface area contributed by atoms with Gasteiger partial charge >= 0.3 is 5.97 Å². The molecular formula is C25H23N3O3. The van der Waals surface area contributed by atoms with E-state index < -0.39 is 12.0 Å². The Bertz CT molecular complexity index is 1230. The Morgan fingerprint density at radius 3 is 2.45 bits per heavy atom. The van der Waals surface area contributed by atoms with E-state index in [9.17, 15) is 14.7 Å². The van der Waals surface area contributed by atoms with Crippen molar-refractivity contribution >= 4 is 29.1 Å². The minimum absolute atomic E-state index is 0.0867. The first-order valence-corrected chi connectivity index (χ1v) is 10.0. The minimum atomic E-state index is -1.09. The molecule has 1 aromatic heterocycles. The molecule has 3 aromatic carbocycles. The summed E-state index contributed by atoms with van der Waals surface area (Å²) in [5.74, 6) is -0.622. The van der Waals surface area contributed by atoms with Crippen LogP contribution in [-0.4, -0.2) is 28.5 Å². The maximum Gasteiger partial charge on any atom is 0.320 e. The highest BCUT2D eigenvalue weighted by atomic mass is 16.4. The molecule has 6 heteroatoms. The maximum absolute atomic E-state index is 11.4. The summed E-state index contributed by atoms with van der Waals surface area (Å²) in [6.07, 6.45) is 1.42. The van der Waals surface area contributed by atoms with E-state index in [-0.39, 0.29) is 6.42 Å². The van der Waals surface area contributed by atoms with Crippen LogP contribution >= 0.6 is 0 Å². The van der Waals surface area contributed by atoms with Crippen molar-refractivity contribution in [2.24, 2.45) is 5.73 Å². The standard InChI is InChI=1S/C25H23N3O3/c26-21(25(30)31)14-20-23-19(11-6-12-22(23)28-24(20)27-15-29)18-10-5-4-9-17(18)13-16-7-2-1-3-8-16/h1-12,15,21,28H,13-14,26H2,(H,27,29)(H,30,31)/t21-/m0/s1. The van der Waals surface area contributed by atoms with Crippen molar-refractivity contribution in [3.05, 3.63) is 89.5 Å². The molecule has 1 amide bonds. The topological polar surface area (TPSA) is 108 Å². The van der Waals surface area contributed by atoms with Crippen LogP contribution in [0.3, 0.4) is 0 Å². The molecule has 5 N–H and O–H groups in total. The number of amides is 1. The van der Waals surface area contributed by atoms with Gasteiger partial charge in [0.25, 0.3) is 0 Å². The largest absolute Gasteiger partial charge is 0.480 e. The average molecular weight is 413 g/mol. The zero-order valence-electron chi connectivity index (χ0n) is 16.8. The Labute approximate surface area is 179 Å². The van der Waals surface area contributed by atoms with Gasteiger partial charge < -0.3 is 21.1 Å². The fourth-order valence-corrected chi connectivity index (χ4v) is 3.99. The summed E-state index contributed by atoms with van der Waals surface area (Å²) in [4.78, 5) is 25.8. The van der Waals surface area contributed by atoms with Crippen LogP contribution in [0.2, 0.25) is 0 Å². The number of hydrogen-bond donors (Lipinski definition) is 4. The number of benzene rings is 3. The Hall–Kier alpha value is -3.90. The number of carboxylic acids is 1. The third kappa shape index (κ3) is 4.20. The van der Waals surface area contributed by atoms with E-state index in [1.807, 2.05) is 48.5 Å². The Balaban J connectivity index is 1.89. The van der Waals surface area contributed by atoms with Crippen LogP contribution in [0, 0.1) is 0 Å². The molecule has 1 atom stereocenters. The van der Waals surface area contributed by atoms with Gasteiger partial charge in [-0.25, -0.2) is 0 Å². The van der Waals surface area contributed by atoms with Crippen molar-refractivity contribution in [1.29, 1.82) is 0 Å². The number of carboxylic acid groups (broad SMARTS) is 1. The summed E-state index contributed by atoms with van der Waals surface area (Å²) < 4.78 is 0. The van der Waals surface area contributed by atoms with Crippen LogP contribution in [0.25, 0.3) is 22.0 Å². The molecule has 0 saturated heterocycles. The first-order chi connectivity index (χ1) is 15.1. The number of aromatic amines is 1. The van der Waals surface area contributed by atoms with Crippen molar-refractivity contribution in [2.45, 2.75) is 18.9 Å². The molecule has 0 aliphatic carbocycles. The predicted molar refractivity (Wildman–Crippen MR) is 122 cm³/mol. The SMILES string of the molecule is N[C@@H](Cc1c(NC=O)[nH]c2cccc(-c3ccccc3Cc3ccccc3)c12)C(=O)O. The molecule has 0 saturated carbocycles. The number of nitrogens with two attached hydrogens (primary N) is 1. The van der Waals surface area contributed by atoms with E-state index in [2.05, 4.69) is 34.6 Å². The minimum Gasteiger partial charge on any atom is -0.480 e. The van der Waals surface area contributed by atoms with E-state index in [1.54, 1.807) is 0 Å². The average Bonchev–Trinajstić information content (AvgIpc) is 3.12. The summed E-state index contributed by atoms with van der Waals surface area (Å²) in [6.45, 7) is 0. The lowest BCUT2D eigenvalue weighted by atomic mass is 9.91. The molecule has 31 heavy (non-hydrogen) atoms. The van der Waals surface area contributed by atoms with Crippen LogP contribution in [-0.2, 0) is 22.4 Å². The quantitative estimate of drug-likeness (QED) is 0.328. The third-order valence-corrected chi connectivity index (χ3v) is 5.42. The van der Waals surface area contributed by atoms with Gasteiger partial charge in [-0.15, -0.1) is 0 Å². The molecule has 6 nitrogen and oxygen atoms in total. The van der Waals surface area contributed by atoms with Crippen molar-refractivity contribution in [2.75, 3.05) is 5.32 Å². The molecule has 4 aromatic rings. The number of H-pyrrole nitrogens is 1. The number of nitrogens with one attached hydrogen (secondary N) is 2. The Kier molecular flexibility index (Phi) is 5.82. The molecule has 1 heterocycles. The number of carbonyl (C=O) groups is 2. The second-order valence-corrected chi connectivity index (χ2v) is 7.44. The second-order valence-electron chi connectivity index (χ2n) is 7.44. The van der Waals surface area contributed by atoms with Gasteiger partial charge in [0.15, 0.2) is 0 Å². The van der Waals surface area contributed by atoms with Crippen LogP contribution in [0.15, 0.2) is 72.8 Å². The van der Waals surface area contributed by atoms with Gasteiger partial charge in [-0.3, -0.25) is 9.59 Å². The van der Waals surface area contributed by atoms with Crippen LogP contribution < -0.4 is 11.1 Å². The van der Waals surface area contributed by atoms with E-state index in [1.165, 1.54) is 5.56 Å². The van der Waals surface area contributed by atoms with Crippen molar-refractivity contribution in [3.63, 3.8) is 0 Å². The predicted octanol–water partition coefficient (Wildman–Crippen LogP) is 3.95.